The lowest BCUT2D eigenvalue weighted by molar-refractivity contribution is -0.134. The van der Waals surface area contributed by atoms with Gasteiger partial charge in [0.1, 0.15) is 12.4 Å². The van der Waals surface area contributed by atoms with Crippen molar-refractivity contribution in [1.29, 1.82) is 5.26 Å². The maximum absolute atomic E-state index is 12.8. The maximum Gasteiger partial charge on any atom is 0.321 e. The Kier molecular flexibility index (Phi) is 7.50. The summed E-state index contributed by atoms with van der Waals surface area (Å²) in [5.74, 6) is 0.818. The number of carbonyl (C=O) groups excluding carboxylic acids is 2. The second-order valence-electron chi connectivity index (χ2n) is 7.85. The summed E-state index contributed by atoms with van der Waals surface area (Å²) in [6, 6.07) is 16.9. The summed E-state index contributed by atoms with van der Waals surface area (Å²) >= 11 is 0. The molecule has 7 nitrogen and oxygen atoms in total. The summed E-state index contributed by atoms with van der Waals surface area (Å²) in [6.45, 7) is 1.43. The Labute approximate surface area is 183 Å². The van der Waals surface area contributed by atoms with Crippen molar-refractivity contribution in [1.82, 2.24) is 9.80 Å². The Balaban J connectivity index is 1.56. The normalized spacial score (nSPS) is 13.9. The molecule has 31 heavy (non-hydrogen) atoms. The van der Waals surface area contributed by atoms with E-state index in [2.05, 4.69) is 11.4 Å². The van der Waals surface area contributed by atoms with Crippen LogP contribution in [0.25, 0.3) is 0 Å². The highest BCUT2D eigenvalue weighted by Crippen LogP contribution is 2.22. The number of piperidine rings is 1. The molecule has 0 aliphatic carbocycles. The third kappa shape index (κ3) is 5.98. The van der Waals surface area contributed by atoms with Crippen molar-refractivity contribution in [2.75, 3.05) is 32.5 Å². The SMILES string of the molecule is CN(C)C(=O)C1CCN(C(=O)Nc2ccccc2COc2ccc(CC#N)cc2)CC1. The van der Waals surface area contributed by atoms with Gasteiger partial charge in [-0.2, -0.15) is 5.26 Å². The number of urea groups is 1. The van der Waals surface area contributed by atoms with Crippen LogP contribution in [-0.2, 0) is 17.8 Å². The molecule has 162 valence electrons. The molecule has 0 radical (unpaired) electrons. The molecule has 2 aromatic rings. The van der Waals surface area contributed by atoms with Gasteiger partial charge in [-0.05, 0) is 36.6 Å². The van der Waals surface area contributed by atoms with Crippen LogP contribution in [0.3, 0.4) is 0 Å². The zero-order valence-corrected chi connectivity index (χ0v) is 18.0. The molecule has 0 spiro atoms. The van der Waals surface area contributed by atoms with E-state index in [9.17, 15) is 9.59 Å². The van der Waals surface area contributed by atoms with Crippen molar-refractivity contribution >= 4 is 17.6 Å². The van der Waals surface area contributed by atoms with Gasteiger partial charge in [-0.3, -0.25) is 4.79 Å². The number of nitrogens with zero attached hydrogens (tertiary/aromatic N) is 3. The first-order valence-corrected chi connectivity index (χ1v) is 10.4. The fourth-order valence-electron chi connectivity index (χ4n) is 3.61. The molecule has 1 aliphatic rings. The lowest BCUT2D eigenvalue weighted by atomic mass is 9.96. The van der Waals surface area contributed by atoms with Gasteiger partial charge >= 0.3 is 6.03 Å². The fraction of sp³-hybridized carbons (Fsp3) is 0.375. The first-order chi connectivity index (χ1) is 15.0. The number of likely N-dealkylation sites (tertiary alicyclic amines) is 1. The average Bonchev–Trinajstić information content (AvgIpc) is 2.79. The Morgan fingerprint density at radius 1 is 1.13 bits per heavy atom. The van der Waals surface area contributed by atoms with Crippen LogP contribution in [0.5, 0.6) is 5.75 Å². The second kappa shape index (κ2) is 10.5. The number of para-hydroxylation sites is 1. The van der Waals surface area contributed by atoms with E-state index in [4.69, 9.17) is 10.00 Å². The molecule has 2 aromatic carbocycles. The van der Waals surface area contributed by atoms with Gasteiger partial charge in [0.05, 0.1) is 12.5 Å². The molecule has 3 amide bonds. The summed E-state index contributed by atoms with van der Waals surface area (Å²) < 4.78 is 5.87. The quantitative estimate of drug-likeness (QED) is 0.773. The van der Waals surface area contributed by atoms with E-state index in [0.29, 0.717) is 50.4 Å². The molecule has 1 fully saturated rings. The van der Waals surface area contributed by atoms with Gasteiger partial charge in [0, 0.05) is 44.4 Å². The van der Waals surface area contributed by atoms with Crippen LogP contribution in [0.1, 0.15) is 24.0 Å². The van der Waals surface area contributed by atoms with E-state index in [0.717, 1.165) is 11.1 Å². The van der Waals surface area contributed by atoms with Crippen LogP contribution in [0.15, 0.2) is 48.5 Å². The number of hydrogen-bond donors (Lipinski definition) is 1. The summed E-state index contributed by atoms with van der Waals surface area (Å²) in [6.07, 6.45) is 1.73. The van der Waals surface area contributed by atoms with Crippen molar-refractivity contribution in [2.45, 2.75) is 25.9 Å². The predicted octanol–water partition coefficient (Wildman–Crippen LogP) is 3.66. The van der Waals surface area contributed by atoms with Crippen LogP contribution in [0, 0.1) is 17.2 Å². The molecule has 1 aliphatic heterocycles. The van der Waals surface area contributed by atoms with Crippen molar-refractivity contribution in [3.8, 4) is 11.8 Å². The molecular formula is C24H28N4O3. The predicted molar refractivity (Wildman–Crippen MR) is 119 cm³/mol. The number of rotatable bonds is 6. The zero-order chi connectivity index (χ0) is 22.2. The molecule has 0 bridgehead atoms. The highest BCUT2D eigenvalue weighted by atomic mass is 16.5. The minimum atomic E-state index is -0.163. The van der Waals surface area contributed by atoms with Crippen LogP contribution in [-0.4, -0.2) is 48.9 Å². The van der Waals surface area contributed by atoms with E-state index in [1.165, 1.54) is 0 Å². The van der Waals surface area contributed by atoms with E-state index in [1.807, 2.05) is 48.5 Å². The molecule has 0 unspecified atom stereocenters. The zero-order valence-electron chi connectivity index (χ0n) is 18.0. The summed E-state index contributed by atoms with van der Waals surface area (Å²) in [4.78, 5) is 28.3. The van der Waals surface area contributed by atoms with Crippen LogP contribution in [0.2, 0.25) is 0 Å². The van der Waals surface area contributed by atoms with Gasteiger partial charge in [-0.15, -0.1) is 0 Å². The first kappa shape index (κ1) is 22.2. The van der Waals surface area contributed by atoms with Crippen molar-refractivity contribution in [3.05, 3.63) is 59.7 Å². The molecule has 3 rings (SSSR count). The van der Waals surface area contributed by atoms with Crippen molar-refractivity contribution < 1.29 is 14.3 Å². The van der Waals surface area contributed by atoms with Crippen LogP contribution < -0.4 is 10.1 Å². The van der Waals surface area contributed by atoms with E-state index >= 15 is 0 Å². The number of nitrogens with one attached hydrogen (secondary N) is 1. The maximum atomic E-state index is 12.8. The van der Waals surface area contributed by atoms with Crippen molar-refractivity contribution in [3.63, 3.8) is 0 Å². The van der Waals surface area contributed by atoms with Gasteiger partial charge in [0.15, 0.2) is 0 Å². The fourth-order valence-corrected chi connectivity index (χ4v) is 3.61. The lowest BCUT2D eigenvalue weighted by Gasteiger charge is -2.32. The minimum absolute atomic E-state index is 0.0146. The van der Waals surface area contributed by atoms with Gasteiger partial charge in [0.25, 0.3) is 0 Å². The van der Waals surface area contributed by atoms with Crippen molar-refractivity contribution in [2.24, 2.45) is 5.92 Å². The third-order valence-electron chi connectivity index (χ3n) is 5.43. The second-order valence-corrected chi connectivity index (χ2v) is 7.85. The number of carbonyl (C=O) groups is 2. The number of benzene rings is 2. The topological polar surface area (TPSA) is 85.7 Å². The van der Waals surface area contributed by atoms with Crippen LogP contribution in [0.4, 0.5) is 10.5 Å². The largest absolute Gasteiger partial charge is 0.489 e. The van der Waals surface area contributed by atoms with Gasteiger partial charge in [-0.25, -0.2) is 4.79 Å². The van der Waals surface area contributed by atoms with Gasteiger partial charge < -0.3 is 19.9 Å². The Hall–Kier alpha value is -3.53. The Morgan fingerprint density at radius 3 is 2.45 bits per heavy atom. The first-order valence-electron chi connectivity index (χ1n) is 10.4. The molecular weight excluding hydrogens is 392 g/mol. The van der Waals surface area contributed by atoms with E-state index < -0.39 is 0 Å². The molecule has 0 atom stereocenters. The van der Waals surface area contributed by atoms with Gasteiger partial charge in [-0.1, -0.05) is 30.3 Å². The van der Waals surface area contributed by atoms with E-state index in [-0.39, 0.29) is 17.9 Å². The summed E-state index contributed by atoms with van der Waals surface area (Å²) in [5.41, 5.74) is 2.52. The van der Waals surface area contributed by atoms with Crippen LogP contribution >= 0.6 is 0 Å². The molecule has 1 saturated heterocycles. The Bertz CT molecular complexity index is 942. The molecule has 0 saturated carbocycles. The summed E-state index contributed by atoms with van der Waals surface area (Å²) in [5, 5.41) is 11.7. The molecule has 1 N–H and O–H groups in total. The summed E-state index contributed by atoms with van der Waals surface area (Å²) in [7, 11) is 3.53. The molecule has 1 heterocycles. The monoisotopic (exact) mass is 420 g/mol. The number of amides is 3. The average molecular weight is 421 g/mol. The highest BCUT2D eigenvalue weighted by Gasteiger charge is 2.28. The minimum Gasteiger partial charge on any atom is -0.489 e. The number of ether oxygens (including phenoxy) is 1. The van der Waals surface area contributed by atoms with E-state index in [1.54, 1.807) is 23.9 Å². The molecule has 7 heteroatoms. The highest BCUT2D eigenvalue weighted by molar-refractivity contribution is 5.90. The number of anilines is 1. The standard InChI is InChI=1S/C24H28N4O3/c1-27(2)23(29)19-12-15-28(16-13-19)24(30)26-22-6-4-3-5-20(22)17-31-21-9-7-18(8-10-21)11-14-25/h3-10,19H,11-13,15-17H2,1-2H3,(H,26,30). The number of nitriles is 1. The lowest BCUT2D eigenvalue weighted by Crippen LogP contribution is -2.44. The number of hydrogen-bond acceptors (Lipinski definition) is 4. The third-order valence-corrected chi connectivity index (χ3v) is 5.43. The molecule has 0 aromatic heterocycles. The van der Waals surface area contributed by atoms with Gasteiger partial charge in [0.2, 0.25) is 5.91 Å². The Morgan fingerprint density at radius 2 is 1.81 bits per heavy atom. The smallest absolute Gasteiger partial charge is 0.321 e.